The first kappa shape index (κ1) is 69.8. The summed E-state index contributed by atoms with van der Waals surface area (Å²) in [5, 5.41) is 50.0. The zero-order chi connectivity index (χ0) is 24.2. The standard InChI is InChI=1S/3CH2O3.5Al.3H3O4P/c3*2-1(3)4;;;;;;3*1-5(2,3)4/h3*(H2,2,3,4);;;;;;3*(H3,1,2,3,4)/q;;;5*+3;;;/p-15. The van der Waals surface area contributed by atoms with Gasteiger partial charge in [-0.3, -0.25) is 0 Å². The molecule has 0 aliphatic rings. The molecule has 0 radical (unpaired) electrons. The molecule has 0 N–H and O–H groups in total. The van der Waals surface area contributed by atoms with E-state index in [1.54, 1.807) is 0 Å². The van der Waals surface area contributed by atoms with E-state index in [-0.39, 0.29) is 86.8 Å². The molecule has 0 aliphatic carbocycles. The van der Waals surface area contributed by atoms with E-state index in [1.165, 1.54) is 0 Å². The molecule has 0 rings (SSSR count). The van der Waals surface area contributed by atoms with Gasteiger partial charge in [0.1, 0.15) is 0 Å². The number of phosphoric acid groups is 3. The summed E-state index contributed by atoms with van der Waals surface area (Å²) in [6.07, 6.45) is -7.00. The van der Waals surface area contributed by atoms with Crippen LogP contribution >= 0.6 is 23.5 Å². The van der Waals surface area contributed by atoms with Crippen LogP contribution in [0.4, 0.5) is 14.4 Å². The average Bonchev–Trinajstić information content (AvgIpc) is 2.01. The van der Waals surface area contributed by atoms with Crippen LogP contribution < -0.4 is 74.7 Å². The third-order valence-corrected chi connectivity index (χ3v) is 0. The molecule has 0 atom stereocenters. The molecular formula is C3Al5O21P3. The summed E-state index contributed by atoms with van der Waals surface area (Å²) in [6.45, 7) is 0. The fourth-order valence-electron chi connectivity index (χ4n) is 0. The molecule has 0 aromatic rings. The number of carboxylic acid groups (broad SMARTS) is 6. The van der Waals surface area contributed by atoms with Crippen molar-refractivity contribution in [2.24, 2.45) is 0 Å². The van der Waals surface area contributed by atoms with Crippen molar-refractivity contribution >= 4 is 129 Å². The second-order valence-electron chi connectivity index (χ2n) is 2.09. The zero-order valence-electron chi connectivity index (χ0n) is 14.3. The van der Waals surface area contributed by atoms with Crippen LogP contribution in [0, 0.1) is 0 Å². The number of hydrogen-bond donors (Lipinski definition) is 0. The van der Waals surface area contributed by atoms with Gasteiger partial charge >= 0.3 is 86.8 Å². The van der Waals surface area contributed by atoms with E-state index >= 15 is 0 Å². The van der Waals surface area contributed by atoms with E-state index in [1.807, 2.05) is 0 Å². The minimum Gasteiger partial charge on any atom is -0.822 e. The predicted molar refractivity (Wildman–Crippen MR) is 67.8 cm³/mol. The summed E-state index contributed by atoms with van der Waals surface area (Å²) < 4.78 is 25.6. The molecule has 0 spiro atoms. The third kappa shape index (κ3) is 42500. The van der Waals surface area contributed by atoms with Crippen LogP contribution in [-0.4, -0.2) is 105 Å². The maximum Gasteiger partial charge on any atom is 3.00 e. The number of carbonyl (C=O) groups is 3. The van der Waals surface area contributed by atoms with Crippen molar-refractivity contribution in [1.29, 1.82) is 0 Å². The van der Waals surface area contributed by atoms with Crippen molar-refractivity contribution in [2.45, 2.75) is 0 Å². The zero-order valence-corrected chi connectivity index (χ0v) is 22.8. The Morgan fingerprint density at radius 2 is 0.344 bits per heavy atom. The maximum atomic E-state index is 8.55. The molecule has 29 heteroatoms. The van der Waals surface area contributed by atoms with Crippen LogP contribution in [-0.2, 0) is 13.7 Å². The Balaban J connectivity index is -0.0000000179. The normalized spacial score (nSPS) is 7.78. The average molecular weight is 600 g/mol. The van der Waals surface area contributed by atoms with Crippen LogP contribution in [0.1, 0.15) is 0 Å². The van der Waals surface area contributed by atoms with Crippen LogP contribution in [0.2, 0.25) is 0 Å². The molecule has 0 amide bonds. The van der Waals surface area contributed by atoms with E-state index in [9.17, 15) is 0 Å². The predicted octanol–water partition coefficient (Wildman–Crippen LogP) is -17.7. The topological polar surface area (TPSA) is 448 Å². The van der Waals surface area contributed by atoms with Crippen molar-refractivity contribution in [3.8, 4) is 0 Å². The molecule has 0 fully saturated rings. The van der Waals surface area contributed by atoms with E-state index in [0.29, 0.717) is 0 Å². The Morgan fingerprint density at radius 1 is 0.344 bits per heavy atom. The second-order valence-corrected chi connectivity index (χ2v) is 4.77. The fraction of sp³-hybridized carbons (Fsp3) is 0. The van der Waals surface area contributed by atoms with Crippen LogP contribution in [0.25, 0.3) is 0 Å². The first-order valence-corrected chi connectivity index (χ1v) is 8.41. The molecule has 0 saturated heterocycles. The molecule has 0 aromatic carbocycles. The first-order valence-electron chi connectivity index (χ1n) is 4.03. The summed E-state index contributed by atoms with van der Waals surface area (Å²) in [5.41, 5.74) is 0. The molecule has 0 aromatic heterocycles. The summed E-state index contributed by atoms with van der Waals surface area (Å²) in [4.78, 5) is 102. The van der Waals surface area contributed by atoms with Gasteiger partial charge in [0.15, 0.2) is 0 Å². The molecule has 0 heterocycles. The molecule has 32 heavy (non-hydrogen) atoms. The van der Waals surface area contributed by atoms with Gasteiger partial charge in [0.05, 0.1) is 0 Å². The van der Waals surface area contributed by atoms with Gasteiger partial charge in [0.25, 0.3) is 0 Å². The van der Waals surface area contributed by atoms with Gasteiger partial charge in [-0.2, -0.15) is 23.5 Å². The molecule has 0 saturated carbocycles. The molecule has 0 unspecified atom stereocenters. The summed E-state index contributed by atoms with van der Waals surface area (Å²) in [6, 6.07) is 0. The minimum absolute atomic E-state index is 0. The van der Waals surface area contributed by atoms with Crippen molar-refractivity contribution < 1.29 is 103 Å². The Kier molecular flexibility index (Phi) is 85.1. The van der Waals surface area contributed by atoms with Crippen molar-refractivity contribution in [2.75, 3.05) is 0 Å². The molecule has 0 aliphatic heterocycles. The first-order chi connectivity index (χ1) is 11.2. The number of hydrogen-bond acceptors (Lipinski definition) is 21. The van der Waals surface area contributed by atoms with Crippen molar-refractivity contribution in [3.05, 3.63) is 0 Å². The van der Waals surface area contributed by atoms with Crippen LogP contribution in [0.3, 0.4) is 0 Å². The second kappa shape index (κ2) is 39.0. The molecule has 168 valence electrons. The van der Waals surface area contributed by atoms with Crippen molar-refractivity contribution in [1.82, 2.24) is 0 Å². The Hall–Kier alpha value is 0.802. The molecule has 21 nitrogen and oxygen atoms in total. The van der Waals surface area contributed by atoms with Gasteiger partial charge in [-0.1, -0.05) is 0 Å². The third-order valence-electron chi connectivity index (χ3n) is 0. The van der Waals surface area contributed by atoms with E-state index < -0.39 is 41.9 Å². The Bertz CT molecular complexity index is 422. The fourth-order valence-corrected chi connectivity index (χ4v) is 0. The molecule has 0 bridgehead atoms. The smallest absolute Gasteiger partial charge is 0.822 e. The van der Waals surface area contributed by atoms with Gasteiger partial charge in [-0.15, -0.1) is 0 Å². The number of carbonyl (C=O) groups excluding carboxylic acids is 3. The molecular weight excluding hydrogens is 600 g/mol. The van der Waals surface area contributed by atoms with Gasteiger partial charge in [0, 0.05) is 0 Å². The van der Waals surface area contributed by atoms with E-state index in [0.717, 1.165) is 0 Å². The van der Waals surface area contributed by atoms with E-state index in [2.05, 4.69) is 0 Å². The van der Waals surface area contributed by atoms with E-state index in [4.69, 9.17) is 103 Å². The van der Waals surface area contributed by atoms with Crippen molar-refractivity contribution in [3.63, 3.8) is 0 Å². The number of rotatable bonds is 0. The summed E-state index contributed by atoms with van der Waals surface area (Å²) in [7, 11) is -16.2. The monoisotopic (exact) mass is 600 g/mol. The SMILES string of the molecule is O=C([O-])[O-].O=C([O-])[O-].O=C([O-])[O-].O=P([O-])([O-])[O-].O=P([O-])([O-])[O-].O=P([O-])([O-])[O-].[Al+3].[Al+3].[Al+3].[Al+3].[Al+3]. The van der Waals surface area contributed by atoms with Crippen LogP contribution in [0.15, 0.2) is 0 Å². The minimum atomic E-state index is -5.39. The van der Waals surface area contributed by atoms with Gasteiger partial charge in [0.2, 0.25) is 0 Å². The van der Waals surface area contributed by atoms with Gasteiger partial charge < -0.3 is 103 Å². The van der Waals surface area contributed by atoms with Crippen LogP contribution in [0.5, 0.6) is 0 Å². The van der Waals surface area contributed by atoms with Gasteiger partial charge in [-0.25, -0.2) is 0 Å². The van der Waals surface area contributed by atoms with Gasteiger partial charge in [-0.05, 0) is 18.5 Å². The Labute approximate surface area is 230 Å². The quantitative estimate of drug-likeness (QED) is 0.184. The maximum absolute atomic E-state index is 8.55. The Morgan fingerprint density at radius 3 is 0.344 bits per heavy atom. The largest absolute Gasteiger partial charge is 3.00 e. The summed E-state index contributed by atoms with van der Waals surface area (Å²) >= 11 is 0. The summed E-state index contributed by atoms with van der Waals surface area (Å²) in [5.74, 6) is 0.